The molecule has 5 atom stereocenters. The smallest absolute Gasteiger partial charge is 0.265 e. The van der Waals surface area contributed by atoms with Gasteiger partial charge in [-0.2, -0.15) is 0 Å². The van der Waals surface area contributed by atoms with Crippen LogP contribution in [-0.4, -0.2) is 85.4 Å². The first-order chi connectivity index (χ1) is 26.6. The zero-order chi connectivity index (χ0) is 40.7. The number of likely N-dealkylation sites (tertiary alicyclic amines) is 1. The lowest BCUT2D eigenvalue weighted by atomic mass is 9.58. The summed E-state index contributed by atoms with van der Waals surface area (Å²) in [5.41, 5.74) is -0.857. The second-order valence-electron chi connectivity index (χ2n) is 17.6. The quantitative estimate of drug-likeness (QED) is 0.100. The number of aromatic nitrogens is 1. The van der Waals surface area contributed by atoms with E-state index in [0.717, 1.165) is 45.1 Å². The number of halogens is 1. The highest BCUT2D eigenvalue weighted by Crippen LogP contribution is 2.60. The van der Waals surface area contributed by atoms with Crippen molar-refractivity contribution in [1.29, 1.82) is 0 Å². The van der Waals surface area contributed by atoms with Crippen molar-refractivity contribution in [3.63, 3.8) is 0 Å². The van der Waals surface area contributed by atoms with E-state index in [1.165, 1.54) is 0 Å². The average molecular weight is 792 g/mol. The van der Waals surface area contributed by atoms with Gasteiger partial charge in [-0.1, -0.05) is 59.6 Å². The highest BCUT2D eigenvalue weighted by Gasteiger charge is 2.67. The topological polar surface area (TPSA) is 115 Å². The summed E-state index contributed by atoms with van der Waals surface area (Å²) < 4.78 is 43.0. The second kappa shape index (κ2) is 16.3. The van der Waals surface area contributed by atoms with Gasteiger partial charge in [0.15, 0.2) is 25.5 Å². The van der Waals surface area contributed by atoms with E-state index >= 15 is 14.0 Å². The normalized spacial score (nSPS) is 25.2. The number of nitrogens with zero attached hydrogens (tertiary/aromatic N) is 3. The monoisotopic (exact) mass is 791 g/mol. The van der Waals surface area contributed by atoms with Crippen LogP contribution in [0.25, 0.3) is 0 Å². The molecule has 1 aliphatic heterocycles. The van der Waals surface area contributed by atoms with Gasteiger partial charge >= 0.3 is 0 Å². The molecule has 1 aromatic carbocycles. The molecule has 0 amide bonds. The number of benzene rings is 1. The molecule has 1 unspecified atom stereocenters. The van der Waals surface area contributed by atoms with Crippen LogP contribution in [0.4, 0.5) is 4.39 Å². The number of carbonyl (C=O) groups excluding carboxylic acids is 2. The van der Waals surface area contributed by atoms with Crippen molar-refractivity contribution in [3.8, 4) is 11.6 Å². The molecule has 2 heterocycles. The Morgan fingerprint density at radius 1 is 1.11 bits per heavy atom. The lowest BCUT2D eigenvalue weighted by Crippen LogP contribution is -2.65. The Balaban J connectivity index is 1.63. The summed E-state index contributed by atoms with van der Waals surface area (Å²) in [6.45, 7) is 24.7. The van der Waals surface area contributed by atoms with Crippen molar-refractivity contribution >= 4 is 19.9 Å². The maximum Gasteiger partial charge on any atom is 0.265 e. The minimum absolute atomic E-state index is 0.0376. The predicted molar refractivity (Wildman–Crippen MR) is 218 cm³/mol. The van der Waals surface area contributed by atoms with Gasteiger partial charge in [0.05, 0.1) is 24.8 Å². The molecule has 4 aliphatic rings. The van der Waals surface area contributed by atoms with E-state index in [4.69, 9.17) is 18.4 Å². The Kier molecular flexibility index (Phi) is 12.3. The van der Waals surface area contributed by atoms with Crippen molar-refractivity contribution in [1.82, 2.24) is 15.0 Å². The van der Waals surface area contributed by atoms with E-state index in [1.54, 1.807) is 18.2 Å². The van der Waals surface area contributed by atoms with Crippen LogP contribution in [-0.2, 0) is 10.8 Å². The second-order valence-corrected chi connectivity index (χ2v) is 22.4. The first-order valence-electron chi connectivity index (χ1n) is 20.6. The van der Waals surface area contributed by atoms with Crippen LogP contribution in [0.2, 0.25) is 18.1 Å². The number of carbonyl (C=O) groups is 2. The molecule has 0 saturated carbocycles. The van der Waals surface area contributed by atoms with Gasteiger partial charge in [-0.05, 0) is 87.4 Å². The number of ether oxygens (including phenoxy) is 2. The van der Waals surface area contributed by atoms with Crippen LogP contribution in [0.5, 0.6) is 11.6 Å². The third-order valence-corrected chi connectivity index (χ3v) is 17.4. The maximum absolute atomic E-state index is 17.1. The van der Waals surface area contributed by atoms with Crippen LogP contribution in [0, 0.1) is 17.7 Å². The molecule has 56 heavy (non-hydrogen) atoms. The Morgan fingerprint density at radius 2 is 1.77 bits per heavy atom. The standard InChI is InChI=1S/C44H62FN3O7Si/c1-11-15-22-52-32-26-28(31-18-17-21-47(31)8)36(45)29-24-27-25-30-37(48(19-13-3)20-14-4)39-35(42(46-54-39)53-23-16-12-2)41(51)44(30,55-56(9,10)43(5,6)7)40(50)33(27)38(49)34(29)32/h13-14,26-27,30-31,37,50H,3-4,11-12,15-25H2,1-2,5-10H3/t27-,30-,31?,37-,44-/m0/s1. The van der Waals surface area contributed by atoms with Crippen molar-refractivity contribution in [2.75, 3.05) is 39.9 Å². The largest absolute Gasteiger partial charge is 0.508 e. The van der Waals surface area contributed by atoms with Gasteiger partial charge < -0.3 is 23.5 Å². The summed E-state index contributed by atoms with van der Waals surface area (Å²) in [5.74, 6) is -2.61. The molecular weight excluding hydrogens is 730 g/mol. The summed E-state index contributed by atoms with van der Waals surface area (Å²) in [5, 5.41) is 17.0. The molecule has 10 nitrogen and oxygen atoms in total. The molecule has 1 fully saturated rings. The number of aliphatic hydroxyl groups is 1. The van der Waals surface area contributed by atoms with Gasteiger partial charge in [-0.15, -0.1) is 13.2 Å². The van der Waals surface area contributed by atoms with Crippen molar-refractivity contribution < 1.29 is 37.5 Å². The van der Waals surface area contributed by atoms with Crippen LogP contribution >= 0.6 is 0 Å². The fourth-order valence-electron chi connectivity index (χ4n) is 9.04. The Labute approximate surface area is 333 Å². The van der Waals surface area contributed by atoms with Crippen LogP contribution in [0.3, 0.4) is 0 Å². The molecule has 0 spiro atoms. The highest BCUT2D eigenvalue weighted by molar-refractivity contribution is 6.74. The zero-order valence-electron chi connectivity index (χ0n) is 34.8. The Morgan fingerprint density at radius 3 is 2.36 bits per heavy atom. The Bertz CT molecular complexity index is 1870. The van der Waals surface area contributed by atoms with Crippen LogP contribution in [0.1, 0.15) is 129 Å². The molecule has 0 bridgehead atoms. The molecule has 12 heteroatoms. The molecule has 1 aromatic heterocycles. The van der Waals surface area contributed by atoms with E-state index in [0.29, 0.717) is 48.9 Å². The van der Waals surface area contributed by atoms with Crippen LogP contribution < -0.4 is 9.47 Å². The van der Waals surface area contributed by atoms with E-state index in [2.05, 4.69) is 55.8 Å². The van der Waals surface area contributed by atoms with Gasteiger partial charge in [0, 0.05) is 41.7 Å². The summed E-state index contributed by atoms with van der Waals surface area (Å²) in [4.78, 5) is 35.0. The third-order valence-electron chi connectivity index (χ3n) is 13.0. The number of allylic oxidation sites excluding steroid dienone is 1. The zero-order valence-corrected chi connectivity index (χ0v) is 35.8. The van der Waals surface area contributed by atoms with Crippen molar-refractivity contribution in [2.45, 2.75) is 122 Å². The fourth-order valence-corrected chi connectivity index (χ4v) is 10.5. The maximum atomic E-state index is 17.1. The van der Waals surface area contributed by atoms with E-state index in [1.807, 2.05) is 27.1 Å². The van der Waals surface area contributed by atoms with Gasteiger partial charge in [-0.25, -0.2) is 4.39 Å². The van der Waals surface area contributed by atoms with Gasteiger partial charge in [0.2, 0.25) is 5.78 Å². The van der Waals surface area contributed by atoms with Crippen molar-refractivity contribution in [3.05, 3.63) is 76.5 Å². The van der Waals surface area contributed by atoms with Crippen molar-refractivity contribution in [2.24, 2.45) is 11.8 Å². The average Bonchev–Trinajstić information content (AvgIpc) is 3.76. The molecule has 6 rings (SSSR count). The third kappa shape index (κ3) is 7.02. The molecular formula is C44H62FN3O7Si. The lowest BCUT2D eigenvalue weighted by molar-refractivity contribution is -0.0525. The number of hydrogen-bond donors (Lipinski definition) is 1. The molecule has 0 radical (unpaired) electrons. The number of unbranched alkanes of at least 4 members (excludes halogenated alkanes) is 2. The minimum atomic E-state index is -2.93. The fraction of sp³-hybridized carbons (Fsp3) is 0.614. The van der Waals surface area contributed by atoms with Gasteiger partial charge in [0.25, 0.3) is 5.88 Å². The number of hydrogen-bond acceptors (Lipinski definition) is 10. The number of rotatable bonds is 16. The van der Waals surface area contributed by atoms with Crippen LogP contribution in [0.15, 0.2) is 47.2 Å². The summed E-state index contributed by atoms with van der Waals surface area (Å²) >= 11 is 0. The lowest BCUT2D eigenvalue weighted by Gasteiger charge is -2.55. The van der Waals surface area contributed by atoms with E-state index in [9.17, 15) is 5.11 Å². The molecule has 306 valence electrons. The molecule has 2 aromatic rings. The summed E-state index contributed by atoms with van der Waals surface area (Å²) in [6.07, 6.45) is 8.89. The number of Topliss-reactive ketones (excluding diaryl/α,β-unsaturated/α-hetero) is 2. The number of fused-ring (bicyclic) bond motifs is 4. The van der Waals surface area contributed by atoms with Gasteiger partial charge in [0.1, 0.15) is 22.9 Å². The van der Waals surface area contributed by atoms with Gasteiger partial charge in [-0.3, -0.25) is 19.4 Å². The minimum Gasteiger partial charge on any atom is -0.508 e. The highest BCUT2D eigenvalue weighted by atomic mass is 28.4. The Hall–Kier alpha value is -3.58. The number of ketones is 2. The predicted octanol–water partition coefficient (Wildman–Crippen LogP) is 9.50. The molecule has 3 aliphatic carbocycles. The summed E-state index contributed by atoms with van der Waals surface area (Å²) in [6, 6.07) is 0.889. The SMILES string of the molecule is C=CCN(CC=C)[C@@H]1c2onc(OCCCC)c2C(=O)[C@@]2(O[Si](C)(C)C(C)(C)C)C(O)=C3C(=O)c4c(OCCCC)cc(C5CCCN5C)c(F)c4C[C@H]3C[C@@H]12. The number of aliphatic hydroxyl groups excluding tert-OH is 1. The van der Waals surface area contributed by atoms with E-state index in [-0.39, 0.29) is 41.5 Å². The molecule has 1 N–H and O–H groups in total. The first kappa shape index (κ1) is 42.0. The first-order valence-corrected chi connectivity index (χ1v) is 23.5. The van der Waals surface area contributed by atoms with E-state index < -0.39 is 60.0 Å². The summed E-state index contributed by atoms with van der Waals surface area (Å²) in [7, 11) is -0.934. The molecule has 1 saturated heterocycles.